The average Bonchev–Trinajstić information content (AvgIpc) is 3.29. The lowest BCUT2D eigenvalue weighted by molar-refractivity contribution is -0.115. The fraction of sp³-hybridized carbons (Fsp3) is 0.125. The van der Waals surface area contributed by atoms with Gasteiger partial charge in [-0.3, -0.25) is 4.79 Å². The van der Waals surface area contributed by atoms with Gasteiger partial charge >= 0.3 is 0 Å². The van der Waals surface area contributed by atoms with Crippen molar-refractivity contribution in [3.63, 3.8) is 0 Å². The van der Waals surface area contributed by atoms with Crippen LogP contribution in [0.15, 0.2) is 60.0 Å². The van der Waals surface area contributed by atoms with Gasteiger partial charge in [-0.15, -0.1) is 11.3 Å². The summed E-state index contributed by atoms with van der Waals surface area (Å²) in [4.78, 5) is 23.4. The van der Waals surface area contributed by atoms with Crippen LogP contribution in [0.5, 0.6) is 0 Å². The number of thiophene rings is 1. The molecule has 0 fully saturated rings. The zero-order chi connectivity index (χ0) is 21.4. The zero-order valence-corrected chi connectivity index (χ0v) is 17.4. The molecular weight excluding hydrogens is 411 g/mol. The number of rotatable bonds is 4. The van der Waals surface area contributed by atoms with Gasteiger partial charge in [-0.25, -0.2) is 14.4 Å². The number of nitrogens with one attached hydrogen (secondary N) is 1. The molecule has 7 heteroatoms. The van der Waals surface area contributed by atoms with Crippen LogP contribution in [0.3, 0.4) is 0 Å². The highest BCUT2D eigenvalue weighted by Crippen LogP contribution is 2.37. The van der Waals surface area contributed by atoms with Gasteiger partial charge in [-0.2, -0.15) is 0 Å². The Bertz CT molecular complexity index is 1270. The number of aromatic nitrogens is 2. The summed E-state index contributed by atoms with van der Waals surface area (Å²) in [5.41, 5.74) is 11.9. The molecule has 0 saturated heterocycles. The fourth-order valence-corrected chi connectivity index (χ4v) is 4.52. The lowest BCUT2D eigenvalue weighted by Gasteiger charge is -2.21. The third-order valence-electron chi connectivity index (χ3n) is 5.27. The van der Waals surface area contributed by atoms with E-state index in [1.807, 2.05) is 35.7 Å². The highest BCUT2D eigenvalue weighted by molar-refractivity contribution is 7.13. The highest BCUT2D eigenvalue weighted by Gasteiger charge is 2.23. The molecule has 2 aromatic carbocycles. The van der Waals surface area contributed by atoms with Gasteiger partial charge in [-0.1, -0.05) is 24.3 Å². The average molecular weight is 431 g/mol. The number of halogens is 1. The maximum absolute atomic E-state index is 13.1. The monoisotopic (exact) mass is 430 g/mol. The van der Waals surface area contributed by atoms with E-state index < -0.39 is 0 Å². The lowest BCUT2D eigenvalue weighted by Crippen LogP contribution is -2.18. The molecule has 5 nitrogen and oxygen atoms in total. The molecule has 2 heterocycles. The van der Waals surface area contributed by atoms with E-state index in [2.05, 4.69) is 5.32 Å². The van der Waals surface area contributed by atoms with Crippen LogP contribution in [0.2, 0.25) is 0 Å². The lowest BCUT2D eigenvalue weighted by atomic mass is 9.91. The second-order valence-corrected chi connectivity index (χ2v) is 8.41. The Balaban J connectivity index is 1.52. The first-order valence-corrected chi connectivity index (χ1v) is 10.8. The Morgan fingerprint density at radius 1 is 1.06 bits per heavy atom. The molecule has 31 heavy (non-hydrogen) atoms. The number of benzene rings is 2. The second kappa shape index (κ2) is 7.92. The van der Waals surface area contributed by atoms with Gasteiger partial charge in [0.25, 0.3) is 0 Å². The first-order valence-electron chi connectivity index (χ1n) is 9.94. The number of aryl methyl sites for hydroxylation is 2. The number of hydrogen-bond donors (Lipinski definition) is 2. The maximum atomic E-state index is 13.1. The van der Waals surface area contributed by atoms with E-state index in [1.165, 1.54) is 12.1 Å². The summed E-state index contributed by atoms with van der Waals surface area (Å²) in [6.07, 6.45) is 1.68. The Morgan fingerprint density at radius 3 is 2.68 bits per heavy atom. The van der Waals surface area contributed by atoms with Crippen LogP contribution in [0.25, 0.3) is 21.8 Å². The molecule has 0 atom stereocenters. The summed E-state index contributed by atoms with van der Waals surface area (Å²) in [5, 5.41) is 4.89. The van der Waals surface area contributed by atoms with E-state index in [-0.39, 0.29) is 18.1 Å². The molecule has 0 bridgehead atoms. The molecule has 0 unspecified atom stereocenters. The molecule has 0 radical (unpaired) electrons. The first-order chi connectivity index (χ1) is 15.1. The quantitative estimate of drug-likeness (QED) is 0.453. The Kier molecular flexibility index (Phi) is 4.95. The first kappa shape index (κ1) is 19.4. The predicted molar refractivity (Wildman–Crippen MR) is 121 cm³/mol. The van der Waals surface area contributed by atoms with Gasteiger partial charge < -0.3 is 11.1 Å². The molecule has 2 aromatic heterocycles. The molecule has 1 aliphatic rings. The van der Waals surface area contributed by atoms with Crippen molar-refractivity contribution in [3.8, 4) is 21.8 Å². The molecule has 3 N–H and O–H groups in total. The Morgan fingerprint density at radius 2 is 1.90 bits per heavy atom. The normalized spacial score (nSPS) is 12.2. The smallest absolute Gasteiger partial charge is 0.230 e. The minimum atomic E-state index is -0.327. The van der Waals surface area contributed by atoms with E-state index in [0.717, 1.165) is 51.5 Å². The zero-order valence-electron chi connectivity index (χ0n) is 16.6. The largest absolute Gasteiger partial charge is 0.399 e. The summed E-state index contributed by atoms with van der Waals surface area (Å²) in [5.74, 6) is -0.0958. The number of anilines is 2. The maximum Gasteiger partial charge on any atom is 0.230 e. The molecule has 0 spiro atoms. The van der Waals surface area contributed by atoms with Crippen LogP contribution in [-0.2, 0) is 24.1 Å². The van der Waals surface area contributed by atoms with E-state index in [0.29, 0.717) is 11.5 Å². The fourth-order valence-electron chi connectivity index (χ4n) is 3.80. The topological polar surface area (TPSA) is 80.9 Å². The number of nitrogens with two attached hydrogens (primary N) is 1. The summed E-state index contributed by atoms with van der Waals surface area (Å²) >= 11 is 1.54. The number of nitrogen functional groups attached to an aromatic ring is 1. The van der Waals surface area contributed by atoms with Crippen molar-refractivity contribution in [1.82, 2.24) is 9.97 Å². The summed E-state index contributed by atoms with van der Waals surface area (Å²) in [6.45, 7) is 0. The van der Waals surface area contributed by atoms with E-state index in [1.54, 1.807) is 23.5 Å². The van der Waals surface area contributed by atoms with Gasteiger partial charge in [0.05, 0.1) is 22.7 Å². The second-order valence-electron chi connectivity index (χ2n) is 7.46. The third kappa shape index (κ3) is 3.92. The molecule has 1 amide bonds. The van der Waals surface area contributed by atoms with Crippen LogP contribution in [0.4, 0.5) is 15.9 Å². The van der Waals surface area contributed by atoms with Gasteiger partial charge in [0.2, 0.25) is 5.91 Å². The van der Waals surface area contributed by atoms with Gasteiger partial charge in [0.15, 0.2) is 5.82 Å². The van der Waals surface area contributed by atoms with Crippen molar-refractivity contribution in [2.24, 2.45) is 0 Å². The van der Waals surface area contributed by atoms with Crippen molar-refractivity contribution in [2.45, 2.75) is 19.3 Å². The number of nitrogens with zero attached hydrogens (tertiary/aromatic N) is 2. The van der Waals surface area contributed by atoms with Gasteiger partial charge in [0, 0.05) is 11.3 Å². The van der Waals surface area contributed by atoms with Crippen LogP contribution < -0.4 is 11.1 Å². The molecule has 0 aliphatic heterocycles. The van der Waals surface area contributed by atoms with E-state index >= 15 is 0 Å². The van der Waals surface area contributed by atoms with E-state index in [4.69, 9.17) is 15.7 Å². The van der Waals surface area contributed by atoms with Crippen LogP contribution in [-0.4, -0.2) is 15.9 Å². The summed E-state index contributed by atoms with van der Waals surface area (Å²) in [7, 11) is 0. The number of hydrogen-bond acceptors (Lipinski definition) is 5. The third-order valence-corrected chi connectivity index (χ3v) is 6.15. The van der Waals surface area contributed by atoms with Crippen LogP contribution in [0.1, 0.15) is 16.8 Å². The van der Waals surface area contributed by atoms with Crippen molar-refractivity contribution in [1.29, 1.82) is 0 Å². The molecule has 4 aromatic rings. The molecule has 1 aliphatic carbocycles. The number of fused-ring (bicyclic) bond motifs is 3. The van der Waals surface area contributed by atoms with Crippen molar-refractivity contribution >= 4 is 28.7 Å². The molecule has 154 valence electrons. The van der Waals surface area contributed by atoms with Crippen LogP contribution in [0, 0.1) is 5.82 Å². The number of amides is 1. The van der Waals surface area contributed by atoms with Crippen molar-refractivity contribution < 1.29 is 9.18 Å². The van der Waals surface area contributed by atoms with Gasteiger partial charge in [0.1, 0.15) is 11.5 Å². The predicted octanol–water partition coefficient (Wildman–Crippen LogP) is 4.87. The number of carbonyl (C=O) groups is 1. The van der Waals surface area contributed by atoms with Gasteiger partial charge in [-0.05, 0) is 59.7 Å². The Labute approximate surface area is 182 Å². The molecule has 5 rings (SSSR count). The number of carbonyl (C=O) groups excluding carboxylic acids is 1. The standard InChI is InChI=1S/C24H19FN4OS/c25-16-6-3-14(4-7-16)12-21(30)28-24-23(20-2-1-11-31-20)29-22-18-9-8-17(26)13-15(18)5-10-19(22)27-24/h1-4,6-9,11,13H,5,10,12,26H2,(H,27,28,30). The Hall–Kier alpha value is -3.58. The van der Waals surface area contributed by atoms with Crippen molar-refractivity contribution in [3.05, 3.63) is 82.6 Å². The molecular formula is C24H19FN4OS. The summed E-state index contributed by atoms with van der Waals surface area (Å²) < 4.78 is 13.1. The minimum absolute atomic E-state index is 0.130. The minimum Gasteiger partial charge on any atom is -0.399 e. The molecule has 0 saturated carbocycles. The SMILES string of the molecule is Nc1ccc2c(c1)CCc1nc(NC(=O)Cc3ccc(F)cc3)c(-c3cccs3)nc1-2. The van der Waals surface area contributed by atoms with Crippen molar-refractivity contribution in [2.75, 3.05) is 11.1 Å². The highest BCUT2D eigenvalue weighted by atomic mass is 32.1. The van der Waals surface area contributed by atoms with E-state index in [9.17, 15) is 9.18 Å². The van der Waals surface area contributed by atoms with Crippen LogP contribution >= 0.6 is 11.3 Å². The summed E-state index contributed by atoms with van der Waals surface area (Å²) in [6, 6.07) is 15.7.